The van der Waals surface area contributed by atoms with Crippen LogP contribution < -0.4 is 5.73 Å². The van der Waals surface area contributed by atoms with Gasteiger partial charge in [-0.05, 0) is 46.3 Å². The van der Waals surface area contributed by atoms with Gasteiger partial charge in [-0.25, -0.2) is 0 Å². The third-order valence-electron chi connectivity index (χ3n) is 4.25. The Kier molecular flexibility index (Phi) is 5.46. The van der Waals surface area contributed by atoms with Gasteiger partial charge in [0.05, 0.1) is 13.0 Å². The van der Waals surface area contributed by atoms with Gasteiger partial charge in [-0.2, -0.15) is 0 Å². The Morgan fingerprint density at radius 1 is 1.30 bits per heavy atom. The summed E-state index contributed by atoms with van der Waals surface area (Å²) in [5, 5.41) is 0. The molecule has 2 rings (SSSR count). The number of ether oxygens (including phenoxy) is 1. The van der Waals surface area contributed by atoms with Crippen LogP contribution in [0.4, 0.5) is 5.69 Å². The number of para-hydroxylation sites is 1. The van der Waals surface area contributed by atoms with E-state index in [9.17, 15) is 4.79 Å². The zero-order chi connectivity index (χ0) is 14.5. The maximum absolute atomic E-state index is 12.3. The lowest BCUT2D eigenvalue weighted by Crippen LogP contribution is -2.24. The zero-order valence-corrected chi connectivity index (χ0v) is 13.5. The van der Waals surface area contributed by atoms with E-state index in [4.69, 9.17) is 10.5 Å². The van der Waals surface area contributed by atoms with E-state index in [2.05, 4.69) is 15.9 Å². The average molecular weight is 340 g/mol. The van der Waals surface area contributed by atoms with Crippen molar-refractivity contribution in [3.8, 4) is 0 Å². The summed E-state index contributed by atoms with van der Waals surface area (Å²) >= 11 is 3.45. The molecule has 20 heavy (non-hydrogen) atoms. The van der Waals surface area contributed by atoms with E-state index in [1.54, 1.807) is 0 Å². The van der Waals surface area contributed by atoms with Crippen LogP contribution >= 0.6 is 15.9 Å². The van der Waals surface area contributed by atoms with Gasteiger partial charge in [0.1, 0.15) is 0 Å². The predicted molar refractivity (Wildman–Crippen MR) is 84.5 cm³/mol. The Bertz CT molecular complexity index is 468. The van der Waals surface area contributed by atoms with Gasteiger partial charge < -0.3 is 10.5 Å². The molecule has 1 aliphatic carbocycles. The lowest BCUT2D eigenvalue weighted by Gasteiger charge is -2.25. The second kappa shape index (κ2) is 7.11. The second-order valence-electron chi connectivity index (χ2n) is 5.50. The molecule has 0 saturated heterocycles. The predicted octanol–water partition coefficient (Wildman–Crippen LogP) is 4.26. The first-order chi connectivity index (χ1) is 9.65. The van der Waals surface area contributed by atoms with Crippen LogP contribution in [0.1, 0.15) is 50.0 Å². The third kappa shape index (κ3) is 3.35. The molecule has 1 aromatic rings. The van der Waals surface area contributed by atoms with E-state index in [0.29, 0.717) is 11.6 Å². The van der Waals surface area contributed by atoms with Gasteiger partial charge in [-0.1, -0.05) is 37.8 Å². The van der Waals surface area contributed by atoms with Crippen molar-refractivity contribution in [2.75, 3.05) is 12.8 Å². The molecule has 0 heterocycles. The summed E-state index contributed by atoms with van der Waals surface area (Å²) in [5.74, 6) is -0.0705. The number of methoxy groups -OCH3 is 1. The standard InChI is InChI=1S/C16H22BrNO2/c1-20-16(19)14(11-7-4-2-3-5-8-11)12-9-6-10-13(17)15(12)18/h6,9-11,14H,2-5,7-8,18H2,1H3. The zero-order valence-electron chi connectivity index (χ0n) is 11.9. The van der Waals surface area contributed by atoms with E-state index < -0.39 is 0 Å². The van der Waals surface area contributed by atoms with Crippen LogP contribution in [0.5, 0.6) is 0 Å². The molecule has 1 unspecified atom stereocenters. The Labute approximate surface area is 129 Å². The number of hydrogen-bond donors (Lipinski definition) is 1. The molecule has 0 aliphatic heterocycles. The van der Waals surface area contributed by atoms with Crippen LogP contribution in [0.15, 0.2) is 22.7 Å². The number of nitrogens with two attached hydrogens (primary N) is 1. The molecule has 4 heteroatoms. The third-order valence-corrected chi connectivity index (χ3v) is 4.94. The largest absolute Gasteiger partial charge is 0.469 e. The van der Waals surface area contributed by atoms with E-state index in [1.807, 2.05) is 18.2 Å². The molecule has 1 fully saturated rings. The molecular weight excluding hydrogens is 318 g/mol. The fraction of sp³-hybridized carbons (Fsp3) is 0.562. The van der Waals surface area contributed by atoms with Crippen LogP contribution in [0, 0.1) is 5.92 Å². The smallest absolute Gasteiger partial charge is 0.313 e. The molecule has 0 spiro atoms. The van der Waals surface area contributed by atoms with Gasteiger partial charge in [0.2, 0.25) is 0 Å². The molecule has 1 saturated carbocycles. The molecule has 0 aromatic heterocycles. The van der Waals surface area contributed by atoms with E-state index in [0.717, 1.165) is 22.9 Å². The van der Waals surface area contributed by atoms with Gasteiger partial charge in [-0.3, -0.25) is 4.79 Å². The van der Waals surface area contributed by atoms with E-state index >= 15 is 0 Å². The number of esters is 1. The highest BCUT2D eigenvalue weighted by atomic mass is 79.9. The number of carbonyl (C=O) groups excluding carboxylic acids is 1. The highest BCUT2D eigenvalue weighted by molar-refractivity contribution is 9.10. The lowest BCUT2D eigenvalue weighted by molar-refractivity contribution is -0.144. The normalized spacial score (nSPS) is 18.3. The van der Waals surface area contributed by atoms with Crippen LogP contribution in [0.3, 0.4) is 0 Å². The van der Waals surface area contributed by atoms with Gasteiger partial charge in [0.25, 0.3) is 0 Å². The van der Waals surface area contributed by atoms with Crippen molar-refractivity contribution in [1.82, 2.24) is 0 Å². The minimum atomic E-state index is -0.240. The molecule has 1 aliphatic rings. The molecule has 2 N–H and O–H groups in total. The van der Waals surface area contributed by atoms with Crippen molar-refractivity contribution < 1.29 is 9.53 Å². The quantitative estimate of drug-likeness (QED) is 0.508. The van der Waals surface area contributed by atoms with Crippen molar-refractivity contribution in [2.24, 2.45) is 5.92 Å². The van der Waals surface area contributed by atoms with Gasteiger partial charge >= 0.3 is 5.97 Å². The topological polar surface area (TPSA) is 52.3 Å². The molecule has 0 bridgehead atoms. The summed E-state index contributed by atoms with van der Waals surface area (Å²) in [6.45, 7) is 0. The first kappa shape index (κ1) is 15.4. The van der Waals surface area contributed by atoms with Gasteiger partial charge in [0, 0.05) is 10.2 Å². The number of hydrogen-bond acceptors (Lipinski definition) is 3. The average Bonchev–Trinajstić information content (AvgIpc) is 2.72. The lowest BCUT2D eigenvalue weighted by atomic mass is 9.80. The van der Waals surface area contributed by atoms with E-state index in [1.165, 1.54) is 32.8 Å². The summed E-state index contributed by atoms with van der Waals surface area (Å²) in [4.78, 5) is 12.3. The summed E-state index contributed by atoms with van der Waals surface area (Å²) in [6, 6.07) is 5.79. The molecule has 1 aromatic carbocycles. The SMILES string of the molecule is COC(=O)C(c1cccc(Br)c1N)C1CCCCCC1. The highest BCUT2D eigenvalue weighted by Gasteiger charge is 2.32. The minimum Gasteiger partial charge on any atom is -0.469 e. The van der Waals surface area contributed by atoms with Crippen LogP contribution in [0.25, 0.3) is 0 Å². The van der Waals surface area contributed by atoms with Gasteiger partial charge in [0.15, 0.2) is 0 Å². The molecule has 3 nitrogen and oxygen atoms in total. The Morgan fingerprint density at radius 3 is 2.55 bits per heavy atom. The number of halogens is 1. The summed E-state index contributed by atoms with van der Waals surface area (Å²) in [7, 11) is 1.46. The van der Waals surface area contributed by atoms with Crippen LogP contribution in [-0.4, -0.2) is 13.1 Å². The summed E-state index contributed by atoms with van der Waals surface area (Å²) in [6.07, 6.45) is 7.05. The van der Waals surface area contributed by atoms with Crippen molar-refractivity contribution in [3.63, 3.8) is 0 Å². The number of anilines is 1. The van der Waals surface area contributed by atoms with Crippen LogP contribution in [-0.2, 0) is 9.53 Å². The first-order valence-corrected chi connectivity index (χ1v) is 8.06. The molecule has 1 atom stereocenters. The maximum atomic E-state index is 12.3. The van der Waals surface area contributed by atoms with E-state index in [-0.39, 0.29) is 11.9 Å². The minimum absolute atomic E-state index is 0.165. The Balaban J connectivity index is 2.36. The van der Waals surface area contributed by atoms with Crippen molar-refractivity contribution in [2.45, 2.75) is 44.4 Å². The Hall–Kier alpha value is -1.03. The molecular formula is C16H22BrNO2. The molecule has 0 radical (unpaired) electrons. The first-order valence-electron chi connectivity index (χ1n) is 7.27. The van der Waals surface area contributed by atoms with Crippen LogP contribution in [0.2, 0.25) is 0 Å². The number of carbonyl (C=O) groups is 1. The monoisotopic (exact) mass is 339 g/mol. The van der Waals surface area contributed by atoms with Crippen molar-refractivity contribution in [3.05, 3.63) is 28.2 Å². The molecule has 0 amide bonds. The summed E-state index contributed by atoms with van der Waals surface area (Å²) in [5.41, 5.74) is 7.73. The fourth-order valence-corrected chi connectivity index (χ4v) is 3.55. The second-order valence-corrected chi connectivity index (χ2v) is 6.35. The maximum Gasteiger partial charge on any atom is 0.313 e. The number of benzene rings is 1. The van der Waals surface area contributed by atoms with Crippen molar-refractivity contribution >= 4 is 27.6 Å². The van der Waals surface area contributed by atoms with Crippen molar-refractivity contribution in [1.29, 1.82) is 0 Å². The van der Waals surface area contributed by atoms with Gasteiger partial charge in [-0.15, -0.1) is 0 Å². The Morgan fingerprint density at radius 2 is 1.95 bits per heavy atom. The number of nitrogen functional groups attached to an aromatic ring is 1. The number of rotatable bonds is 3. The fourth-order valence-electron chi connectivity index (χ4n) is 3.17. The highest BCUT2D eigenvalue weighted by Crippen LogP contribution is 2.39. The summed E-state index contributed by atoms with van der Waals surface area (Å²) < 4.78 is 5.89. The molecule has 110 valence electrons.